The number of benzene rings is 2. The lowest BCUT2D eigenvalue weighted by Crippen LogP contribution is -2.39. The van der Waals surface area contributed by atoms with Crippen molar-refractivity contribution in [3.05, 3.63) is 65.7 Å². The first-order valence-electron chi connectivity index (χ1n) is 14.2. The van der Waals surface area contributed by atoms with Gasteiger partial charge in [0.1, 0.15) is 12.3 Å². The van der Waals surface area contributed by atoms with E-state index in [1.54, 1.807) is 6.92 Å². The first-order valence-corrected chi connectivity index (χ1v) is 14.2. The van der Waals surface area contributed by atoms with Gasteiger partial charge in [0, 0.05) is 18.9 Å². The van der Waals surface area contributed by atoms with Crippen LogP contribution in [0.15, 0.2) is 54.6 Å². The van der Waals surface area contributed by atoms with E-state index in [4.69, 9.17) is 9.47 Å². The first-order chi connectivity index (χ1) is 17.4. The monoisotopic (exact) mass is 496 g/mol. The van der Waals surface area contributed by atoms with Gasteiger partial charge in [0.15, 0.2) is 0 Å². The molecular weight excluding hydrogens is 446 g/mol. The second kappa shape index (κ2) is 17.2. The molecule has 4 nitrogen and oxygen atoms in total. The molecule has 0 saturated carbocycles. The predicted octanol–water partition coefficient (Wildman–Crippen LogP) is 8.08. The number of rotatable bonds is 19. The van der Waals surface area contributed by atoms with Crippen molar-refractivity contribution in [1.29, 1.82) is 0 Å². The predicted molar refractivity (Wildman–Crippen MR) is 150 cm³/mol. The summed E-state index contributed by atoms with van der Waals surface area (Å²) in [5.74, 6) is 0.538. The number of carbonyl (C=O) groups excluding carboxylic acids is 1. The van der Waals surface area contributed by atoms with E-state index in [-0.39, 0.29) is 5.97 Å². The van der Waals surface area contributed by atoms with Gasteiger partial charge >= 0.3 is 5.97 Å². The van der Waals surface area contributed by atoms with Crippen molar-refractivity contribution in [3.63, 3.8) is 0 Å². The number of aryl methyl sites for hydroxylation is 1. The Kier molecular flexibility index (Phi) is 14.3. The van der Waals surface area contributed by atoms with Gasteiger partial charge in [-0.15, -0.1) is 0 Å². The Hall–Kier alpha value is -2.33. The Morgan fingerprint density at radius 1 is 0.778 bits per heavy atom. The van der Waals surface area contributed by atoms with Crippen LogP contribution in [0.2, 0.25) is 0 Å². The number of hydrogen-bond donors (Lipinski definition) is 0. The molecule has 0 saturated heterocycles. The van der Waals surface area contributed by atoms with E-state index in [1.165, 1.54) is 68.9 Å². The van der Waals surface area contributed by atoms with E-state index in [0.29, 0.717) is 6.42 Å². The van der Waals surface area contributed by atoms with Crippen LogP contribution in [0, 0.1) is 0 Å². The van der Waals surface area contributed by atoms with Crippen LogP contribution in [0.4, 0.5) is 0 Å². The number of quaternary nitrogens is 1. The highest BCUT2D eigenvalue weighted by atomic mass is 16.7. The van der Waals surface area contributed by atoms with Crippen LogP contribution in [-0.4, -0.2) is 37.4 Å². The second-order valence-corrected chi connectivity index (χ2v) is 10.8. The van der Waals surface area contributed by atoms with Gasteiger partial charge in [-0.05, 0) is 30.5 Å². The lowest BCUT2D eigenvalue weighted by Gasteiger charge is -2.29. The Balaban J connectivity index is 1.57. The molecular formula is C32H50NO3+. The van der Waals surface area contributed by atoms with Gasteiger partial charge in [0.05, 0.1) is 27.1 Å². The SMILES string of the molecule is CCCCCCCCCCCc1ccc(OC(C)OC(=O)CCC[N+](C)(C)Cc2ccccc2)cc1. The standard InChI is InChI=1S/C32H50NO3/c1-5-6-7-8-9-10-11-12-14-18-29-22-24-31(25-23-29)35-28(2)36-32(34)21-17-26-33(3,4)27-30-19-15-13-16-20-30/h13,15-16,19-20,22-25,28H,5-12,14,17-18,21,26-27H2,1-4H3/q+1. The van der Waals surface area contributed by atoms with Crippen molar-refractivity contribution in [2.75, 3.05) is 20.6 Å². The summed E-state index contributed by atoms with van der Waals surface area (Å²) in [6.45, 7) is 5.92. The third kappa shape index (κ3) is 13.7. The molecule has 0 bridgehead atoms. The Labute approximate surface area is 220 Å². The number of ether oxygens (including phenoxy) is 2. The molecule has 0 spiro atoms. The molecule has 200 valence electrons. The summed E-state index contributed by atoms with van der Waals surface area (Å²) < 4.78 is 12.1. The maximum atomic E-state index is 12.3. The van der Waals surface area contributed by atoms with Crippen molar-refractivity contribution in [2.24, 2.45) is 0 Å². The van der Waals surface area contributed by atoms with Crippen LogP contribution in [0.3, 0.4) is 0 Å². The number of carbonyl (C=O) groups is 1. The molecule has 0 aromatic heterocycles. The highest BCUT2D eigenvalue weighted by Gasteiger charge is 2.18. The normalized spacial score (nSPS) is 12.3. The van der Waals surface area contributed by atoms with Crippen LogP contribution in [-0.2, 0) is 22.5 Å². The average Bonchev–Trinajstić information content (AvgIpc) is 2.84. The molecule has 2 aromatic carbocycles. The quantitative estimate of drug-likeness (QED) is 0.0853. The van der Waals surface area contributed by atoms with E-state index < -0.39 is 6.29 Å². The molecule has 1 unspecified atom stereocenters. The molecule has 2 rings (SSSR count). The number of esters is 1. The zero-order valence-corrected chi connectivity index (χ0v) is 23.3. The highest BCUT2D eigenvalue weighted by molar-refractivity contribution is 5.69. The van der Waals surface area contributed by atoms with E-state index in [2.05, 4.69) is 57.4 Å². The smallest absolute Gasteiger partial charge is 0.309 e. The molecule has 0 heterocycles. The highest BCUT2D eigenvalue weighted by Crippen LogP contribution is 2.18. The third-order valence-corrected chi connectivity index (χ3v) is 6.69. The topological polar surface area (TPSA) is 35.5 Å². The summed E-state index contributed by atoms with van der Waals surface area (Å²) in [5.41, 5.74) is 2.65. The van der Waals surface area contributed by atoms with Crippen molar-refractivity contribution in [2.45, 2.75) is 104 Å². The molecule has 0 radical (unpaired) electrons. The third-order valence-electron chi connectivity index (χ3n) is 6.69. The van der Waals surface area contributed by atoms with Gasteiger partial charge in [-0.3, -0.25) is 4.79 Å². The van der Waals surface area contributed by atoms with Gasteiger partial charge in [-0.1, -0.05) is 101 Å². The summed E-state index contributed by atoms with van der Waals surface area (Å²) in [5, 5.41) is 0. The summed E-state index contributed by atoms with van der Waals surface area (Å²) in [4.78, 5) is 12.3. The lowest BCUT2D eigenvalue weighted by molar-refractivity contribution is -0.903. The van der Waals surface area contributed by atoms with Gasteiger partial charge in [0.2, 0.25) is 6.29 Å². The average molecular weight is 497 g/mol. The van der Waals surface area contributed by atoms with E-state index in [9.17, 15) is 4.79 Å². The van der Waals surface area contributed by atoms with Crippen molar-refractivity contribution in [1.82, 2.24) is 0 Å². The van der Waals surface area contributed by atoms with Crippen molar-refractivity contribution < 1.29 is 18.8 Å². The molecule has 0 fully saturated rings. The zero-order valence-electron chi connectivity index (χ0n) is 23.3. The molecule has 0 aliphatic rings. The van der Waals surface area contributed by atoms with Crippen LogP contribution in [0.5, 0.6) is 5.75 Å². The minimum atomic E-state index is -0.590. The van der Waals surface area contributed by atoms with E-state index in [1.807, 2.05) is 18.2 Å². The number of nitrogens with zero attached hydrogens (tertiary/aromatic N) is 1. The minimum absolute atomic E-state index is 0.204. The van der Waals surface area contributed by atoms with Crippen LogP contribution in [0.1, 0.15) is 95.6 Å². The van der Waals surface area contributed by atoms with E-state index in [0.717, 1.165) is 36.2 Å². The first kappa shape index (κ1) is 29.9. The van der Waals surface area contributed by atoms with Crippen LogP contribution < -0.4 is 4.74 Å². The van der Waals surface area contributed by atoms with Crippen LogP contribution in [0.25, 0.3) is 0 Å². The van der Waals surface area contributed by atoms with Crippen LogP contribution >= 0.6 is 0 Å². The fourth-order valence-corrected chi connectivity index (χ4v) is 4.64. The minimum Gasteiger partial charge on any atom is -0.455 e. The molecule has 0 N–H and O–H groups in total. The summed E-state index contributed by atoms with van der Waals surface area (Å²) in [6, 6.07) is 18.7. The largest absolute Gasteiger partial charge is 0.455 e. The molecule has 1 atom stereocenters. The molecule has 0 aliphatic carbocycles. The Morgan fingerprint density at radius 3 is 2.03 bits per heavy atom. The molecule has 4 heteroatoms. The van der Waals surface area contributed by atoms with Gasteiger partial charge in [-0.25, -0.2) is 0 Å². The molecule has 0 amide bonds. The second-order valence-electron chi connectivity index (χ2n) is 10.8. The molecule has 2 aromatic rings. The molecule has 0 aliphatic heterocycles. The Morgan fingerprint density at radius 2 is 1.39 bits per heavy atom. The Bertz CT molecular complexity index is 832. The fraction of sp³-hybridized carbons (Fsp3) is 0.594. The summed E-state index contributed by atoms with van der Waals surface area (Å²) in [7, 11) is 4.40. The number of unbranched alkanes of at least 4 members (excludes halogenated alkanes) is 8. The van der Waals surface area contributed by atoms with Gasteiger partial charge in [0.25, 0.3) is 0 Å². The van der Waals surface area contributed by atoms with Gasteiger partial charge in [-0.2, -0.15) is 0 Å². The maximum absolute atomic E-state index is 12.3. The molecule has 36 heavy (non-hydrogen) atoms. The summed E-state index contributed by atoms with van der Waals surface area (Å²) >= 11 is 0. The van der Waals surface area contributed by atoms with Crippen molar-refractivity contribution >= 4 is 5.97 Å². The van der Waals surface area contributed by atoms with Gasteiger partial charge < -0.3 is 14.0 Å². The van der Waals surface area contributed by atoms with Crippen molar-refractivity contribution in [3.8, 4) is 5.75 Å². The lowest BCUT2D eigenvalue weighted by atomic mass is 10.0. The number of hydrogen-bond acceptors (Lipinski definition) is 3. The van der Waals surface area contributed by atoms with E-state index >= 15 is 0 Å². The zero-order chi connectivity index (χ0) is 26.1. The fourth-order valence-electron chi connectivity index (χ4n) is 4.64. The maximum Gasteiger partial charge on any atom is 0.309 e. The summed E-state index contributed by atoms with van der Waals surface area (Å²) in [6.07, 6.45) is 13.9.